The number of piperidine rings is 1. The molecule has 2 aromatic heterocycles. The highest BCUT2D eigenvalue weighted by Gasteiger charge is 2.45. The smallest absolute Gasteiger partial charge is 0.257 e. The van der Waals surface area contributed by atoms with Gasteiger partial charge in [-0.3, -0.25) is 14.3 Å². The lowest BCUT2D eigenvalue weighted by Gasteiger charge is -2.42. The van der Waals surface area contributed by atoms with Gasteiger partial charge in [-0.25, -0.2) is 0 Å². The van der Waals surface area contributed by atoms with Crippen molar-refractivity contribution in [2.24, 2.45) is 7.05 Å². The quantitative estimate of drug-likeness (QED) is 0.885. The molecule has 0 radical (unpaired) electrons. The number of hydrogen-bond donors (Lipinski definition) is 1. The van der Waals surface area contributed by atoms with Crippen molar-refractivity contribution in [2.75, 3.05) is 31.5 Å². The fourth-order valence-electron chi connectivity index (χ4n) is 4.00. The van der Waals surface area contributed by atoms with E-state index < -0.39 is 5.54 Å². The van der Waals surface area contributed by atoms with E-state index in [1.165, 1.54) is 12.5 Å². The Morgan fingerprint density at radius 1 is 1.11 bits per heavy atom. The van der Waals surface area contributed by atoms with Crippen LogP contribution in [0.5, 0.6) is 0 Å². The minimum absolute atomic E-state index is 0.0520. The molecule has 0 unspecified atom stereocenters. The molecular weight excluding hydrogens is 346 g/mol. The van der Waals surface area contributed by atoms with Gasteiger partial charge >= 0.3 is 0 Å². The summed E-state index contributed by atoms with van der Waals surface area (Å²) < 4.78 is 6.74. The highest BCUT2D eigenvalue weighted by atomic mass is 16.3. The second-order valence-electron chi connectivity index (χ2n) is 7.39. The number of rotatable bonds is 4. The maximum atomic E-state index is 13.3. The van der Waals surface area contributed by atoms with Gasteiger partial charge in [-0.15, -0.1) is 0 Å². The van der Waals surface area contributed by atoms with Crippen LogP contribution in [0.4, 0.5) is 5.82 Å². The maximum Gasteiger partial charge on any atom is 0.257 e. The highest BCUT2D eigenvalue weighted by molar-refractivity contribution is 5.95. The molecular formula is C19H25N5O3. The van der Waals surface area contributed by atoms with Crippen LogP contribution in [-0.4, -0.2) is 63.1 Å². The first-order valence-corrected chi connectivity index (χ1v) is 9.46. The van der Waals surface area contributed by atoms with E-state index in [-0.39, 0.29) is 11.8 Å². The number of hydrogen-bond acceptors (Lipinski definition) is 5. The molecule has 2 aliphatic rings. The zero-order chi connectivity index (χ0) is 18.9. The van der Waals surface area contributed by atoms with Crippen LogP contribution in [0.2, 0.25) is 0 Å². The second-order valence-corrected chi connectivity index (χ2v) is 7.39. The monoisotopic (exact) mass is 371 g/mol. The molecule has 1 N–H and O–H groups in total. The topological polar surface area (TPSA) is 83.6 Å². The molecule has 2 saturated heterocycles. The fourth-order valence-corrected chi connectivity index (χ4v) is 4.00. The number of aryl methyl sites for hydroxylation is 1. The maximum absolute atomic E-state index is 13.3. The van der Waals surface area contributed by atoms with Gasteiger partial charge in [-0.05, 0) is 31.7 Å². The number of carbonyl (C=O) groups is 2. The SMILES string of the molecule is Cn1ccc(NC2(C(=O)N3CCCC3)CCN(C(=O)c3ccoc3)CC2)n1. The second kappa shape index (κ2) is 7.09. The molecule has 8 nitrogen and oxygen atoms in total. The van der Waals surface area contributed by atoms with Gasteiger partial charge in [0.05, 0.1) is 11.8 Å². The summed E-state index contributed by atoms with van der Waals surface area (Å²) in [5.74, 6) is 0.768. The molecule has 4 heterocycles. The van der Waals surface area contributed by atoms with E-state index in [0.29, 0.717) is 37.3 Å². The first-order chi connectivity index (χ1) is 13.1. The Morgan fingerprint density at radius 3 is 2.44 bits per heavy atom. The van der Waals surface area contributed by atoms with Crippen molar-refractivity contribution in [1.29, 1.82) is 0 Å². The van der Waals surface area contributed by atoms with Crippen LogP contribution in [0.25, 0.3) is 0 Å². The number of nitrogens with one attached hydrogen (secondary N) is 1. The minimum atomic E-state index is -0.716. The number of likely N-dealkylation sites (tertiary alicyclic amines) is 2. The molecule has 0 spiro atoms. The van der Waals surface area contributed by atoms with Gasteiger partial charge < -0.3 is 19.5 Å². The third-order valence-electron chi connectivity index (χ3n) is 5.56. The largest absolute Gasteiger partial charge is 0.472 e. The highest BCUT2D eigenvalue weighted by Crippen LogP contribution is 2.30. The summed E-state index contributed by atoms with van der Waals surface area (Å²) in [6.07, 6.45) is 8.04. The van der Waals surface area contributed by atoms with Crippen molar-refractivity contribution in [3.8, 4) is 0 Å². The molecule has 0 aliphatic carbocycles. The van der Waals surface area contributed by atoms with Gasteiger partial charge in [-0.2, -0.15) is 5.10 Å². The van der Waals surface area contributed by atoms with Gasteiger partial charge in [0.2, 0.25) is 5.91 Å². The molecule has 4 rings (SSSR count). The number of amides is 2. The number of furan rings is 1. The summed E-state index contributed by atoms with van der Waals surface area (Å²) in [5, 5.41) is 7.80. The average molecular weight is 371 g/mol. The van der Waals surface area contributed by atoms with Crippen molar-refractivity contribution >= 4 is 17.6 Å². The molecule has 27 heavy (non-hydrogen) atoms. The van der Waals surface area contributed by atoms with Gasteiger partial charge in [0.1, 0.15) is 17.6 Å². The Balaban J connectivity index is 1.52. The fraction of sp³-hybridized carbons (Fsp3) is 0.526. The van der Waals surface area contributed by atoms with Crippen LogP contribution < -0.4 is 5.32 Å². The number of anilines is 1. The lowest BCUT2D eigenvalue weighted by Crippen LogP contribution is -2.59. The third kappa shape index (κ3) is 3.43. The lowest BCUT2D eigenvalue weighted by molar-refractivity contribution is -0.136. The van der Waals surface area contributed by atoms with Gasteiger partial charge in [0.15, 0.2) is 0 Å². The van der Waals surface area contributed by atoms with Crippen LogP contribution in [0.3, 0.4) is 0 Å². The zero-order valence-corrected chi connectivity index (χ0v) is 15.6. The minimum Gasteiger partial charge on any atom is -0.472 e. The van der Waals surface area contributed by atoms with E-state index >= 15 is 0 Å². The van der Waals surface area contributed by atoms with Gasteiger partial charge in [0.25, 0.3) is 5.91 Å². The first kappa shape index (κ1) is 17.6. The first-order valence-electron chi connectivity index (χ1n) is 9.46. The molecule has 0 bridgehead atoms. The molecule has 0 atom stereocenters. The van der Waals surface area contributed by atoms with Crippen molar-refractivity contribution < 1.29 is 14.0 Å². The summed E-state index contributed by atoms with van der Waals surface area (Å²) in [7, 11) is 1.85. The van der Waals surface area contributed by atoms with Gasteiger partial charge in [0, 0.05) is 45.5 Å². The van der Waals surface area contributed by atoms with Crippen molar-refractivity contribution in [3.63, 3.8) is 0 Å². The Labute approximate surface area is 158 Å². The number of carbonyl (C=O) groups excluding carboxylic acids is 2. The van der Waals surface area contributed by atoms with E-state index in [1.807, 2.05) is 24.2 Å². The lowest BCUT2D eigenvalue weighted by atomic mass is 9.85. The summed E-state index contributed by atoms with van der Waals surface area (Å²) in [4.78, 5) is 29.7. The van der Waals surface area contributed by atoms with E-state index in [1.54, 1.807) is 15.6 Å². The molecule has 8 heteroatoms. The molecule has 2 aromatic rings. The molecule has 2 fully saturated rings. The van der Waals surface area contributed by atoms with E-state index in [9.17, 15) is 9.59 Å². The standard InChI is InChI=1S/C19H25N5O3/c1-22-10-4-16(21-22)20-19(18(26)24-8-2-3-9-24)6-11-23(12-7-19)17(25)15-5-13-27-14-15/h4-5,10,13-14H,2-3,6-9,11-12H2,1H3,(H,20,21). The molecule has 0 aromatic carbocycles. The molecule has 2 aliphatic heterocycles. The van der Waals surface area contributed by atoms with Crippen LogP contribution in [-0.2, 0) is 11.8 Å². The summed E-state index contributed by atoms with van der Waals surface area (Å²) in [6.45, 7) is 2.65. The van der Waals surface area contributed by atoms with Crippen molar-refractivity contribution in [1.82, 2.24) is 19.6 Å². The molecule has 144 valence electrons. The Bertz CT molecular complexity index is 799. The van der Waals surface area contributed by atoms with E-state index in [0.717, 1.165) is 25.9 Å². The van der Waals surface area contributed by atoms with Crippen LogP contribution in [0.15, 0.2) is 35.3 Å². The molecule has 0 saturated carbocycles. The Hall–Kier alpha value is -2.77. The summed E-state index contributed by atoms with van der Waals surface area (Å²) in [5.41, 5.74) is -0.169. The average Bonchev–Trinajstić information content (AvgIpc) is 3.44. The van der Waals surface area contributed by atoms with Gasteiger partial charge in [-0.1, -0.05) is 0 Å². The predicted molar refractivity (Wildman–Crippen MR) is 99.2 cm³/mol. The normalized spacial score (nSPS) is 19.3. The Morgan fingerprint density at radius 2 is 1.85 bits per heavy atom. The molecule has 2 amide bonds. The van der Waals surface area contributed by atoms with Crippen LogP contribution >= 0.6 is 0 Å². The van der Waals surface area contributed by atoms with Crippen LogP contribution in [0, 0.1) is 0 Å². The predicted octanol–water partition coefficient (Wildman–Crippen LogP) is 1.72. The third-order valence-corrected chi connectivity index (χ3v) is 5.56. The van der Waals surface area contributed by atoms with Crippen molar-refractivity contribution in [2.45, 2.75) is 31.2 Å². The summed E-state index contributed by atoms with van der Waals surface area (Å²) in [6, 6.07) is 3.55. The van der Waals surface area contributed by atoms with E-state index in [4.69, 9.17) is 4.42 Å². The zero-order valence-electron chi connectivity index (χ0n) is 15.6. The summed E-state index contributed by atoms with van der Waals surface area (Å²) >= 11 is 0. The Kier molecular flexibility index (Phi) is 4.63. The number of aromatic nitrogens is 2. The number of nitrogens with zero attached hydrogens (tertiary/aromatic N) is 4. The van der Waals surface area contributed by atoms with E-state index in [2.05, 4.69) is 10.4 Å². The van der Waals surface area contributed by atoms with Crippen LogP contribution in [0.1, 0.15) is 36.0 Å². The van der Waals surface area contributed by atoms with Crippen molar-refractivity contribution in [3.05, 3.63) is 36.4 Å².